The van der Waals surface area contributed by atoms with Crippen LogP contribution in [-0.2, 0) is 19.0 Å². The number of aliphatic hydroxyl groups is 3. The molecule has 0 aromatic rings. The molecule has 0 aliphatic rings. The van der Waals surface area contributed by atoms with Crippen molar-refractivity contribution in [3.8, 4) is 0 Å². The van der Waals surface area contributed by atoms with Crippen molar-refractivity contribution < 1.29 is 48.2 Å². The number of rotatable bonds is 9. The maximum absolute atomic E-state index is 13.1. The van der Waals surface area contributed by atoms with E-state index >= 15 is 0 Å². The van der Waals surface area contributed by atoms with Gasteiger partial charge < -0.3 is 34.6 Å². The monoisotopic (exact) mass is 334 g/mol. The summed E-state index contributed by atoms with van der Waals surface area (Å²) in [4.78, 5) is 9.80. The van der Waals surface area contributed by atoms with E-state index in [-0.39, 0.29) is 13.0 Å². The first-order valence-corrected chi connectivity index (χ1v) is 6.40. The normalized spacial score (nSPS) is 19.1. The zero-order valence-corrected chi connectivity index (χ0v) is 12.9. The Morgan fingerprint density at radius 1 is 1.18 bits per heavy atom. The van der Waals surface area contributed by atoms with E-state index in [1.54, 1.807) is 6.92 Å². The van der Waals surface area contributed by atoms with Crippen LogP contribution in [0.3, 0.4) is 0 Å². The Morgan fingerprint density at radius 2 is 1.68 bits per heavy atom. The molecule has 134 valence electrons. The minimum absolute atomic E-state index is 0.0328. The van der Waals surface area contributed by atoms with Crippen LogP contribution in [0.1, 0.15) is 20.3 Å². The second kappa shape index (κ2) is 11.6. The van der Waals surface area contributed by atoms with Crippen LogP contribution >= 0.6 is 0 Å². The number of aliphatic hydroxyl groups excluding tert-OH is 2. The molecule has 0 bridgehead atoms. The van der Waals surface area contributed by atoms with Crippen LogP contribution in [0.15, 0.2) is 0 Å². The lowest BCUT2D eigenvalue weighted by Crippen LogP contribution is -2.48. The summed E-state index contributed by atoms with van der Waals surface area (Å²) in [6, 6.07) is 0. The predicted octanol–water partition coefficient (Wildman–Crippen LogP) is -0.202. The van der Waals surface area contributed by atoms with Crippen molar-refractivity contribution in [2.24, 2.45) is 0 Å². The summed E-state index contributed by atoms with van der Waals surface area (Å²) in [6.07, 6.45) is -7.83. The highest BCUT2D eigenvalue weighted by molar-refractivity contribution is 5.72. The molecule has 5 unspecified atom stereocenters. The van der Waals surface area contributed by atoms with E-state index in [2.05, 4.69) is 14.2 Å². The van der Waals surface area contributed by atoms with Gasteiger partial charge in [0.15, 0.2) is 12.6 Å². The van der Waals surface area contributed by atoms with E-state index in [9.17, 15) is 18.7 Å². The number of carbonyl (C=O) groups is 1. The molecule has 0 rings (SSSR count). The standard InChI is InChI=1S/C7H15FO4.C5H9FO4/c1-4-7(10,12-3)5(8)6(9)11-2;1-2-10-5(9)3(6)4(7)8/h5-6,9-10H,4H2,1-3H3;3,5,9H,2H2,1H3,(H,7,8). The average molecular weight is 334 g/mol. The van der Waals surface area contributed by atoms with E-state index < -0.39 is 36.7 Å². The lowest BCUT2D eigenvalue weighted by molar-refractivity contribution is -0.275. The third kappa shape index (κ3) is 7.92. The summed E-state index contributed by atoms with van der Waals surface area (Å²) >= 11 is 0. The van der Waals surface area contributed by atoms with Gasteiger partial charge in [0.25, 0.3) is 0 Å². The molecule has 10 heteroatoms. The molecule has 8 nitrogen and oxygen atoms in total. The van der Waals surface area contributed by atoms with Gasteiger partial charge in [-0.1, -0.05) is 6.92 Å². The zero-order valence-electron chi connectivity index (χ0n) is 12.9. The Kier molecular flexibility index (Phi) is 12.3. The molecule has 0 aromatic heterocycles. The molecule has 0 amide bonds. The van der Waals surface area contributed by atoms with Gasteiger partial charge in [0.2, 0.25) is 18.1 Å². The molecule has 5 atom stereocenters. The molecule has 4 N–H and O–H groups in total. The number of ether oxygens (including phenoxy) is 3. The smallest absolute Gasteiger partial charge is 0.343 e. The van der Waals surface area contributed by atoms with Gasteiger partial charge in [-0.15, -0.1) is 0 Å². The maximum Gasteiger partial charge on any atom is 0.343 e. The molecule has 0 aliphatic heterocycles. The summed E-state index contributed by atoms with van der Waals surface area (Å²) < 4.78 is 38.3. The molecule has 0 aromatic carbocycles. The molecule has 0 aliphatic carbocycles. The van der Waals surface area contributed by atoms with Gasteiger partial charge in [-0.2, -0.15) is 0 Å². The number of methoxy groups -OCH3 is 2. The minimum atomic E-state index is -2.36. The Hall–Kier alpha value is -0.910. The Labute approximate surface area is 127 Å². The Morgan fingerprint density at radius 3 is 1.95 bits per heavy atom. The summed E-state index contributed by atoms with van der Waals surface area (Å²) in [6.45, 7) is 3.14. The first-order valence-electron chi connectivity index (χ1n) is 6.40. The van der Waals surface area contributed by atoms with Crippen molar-refractivity contribution in [2.45, 2.75) is 51.0 Å². The lowest BCUT2D eigenvalue weighted by atomic mass is 10.1. The molecular formula is C12H24F2O8. The van der Waals surface area contributed by atoms with Gasteiger partial charge in [0.1, 0.15) is 0 Å². The quantitative estimate of drug-likeness (QED) is 0.427. The minimum Gasteiger partial charge on any atom is -0.479 e. The van der Waals surface area contributed by atoms with Crippen molar-refractivity contribution in [3.63, 3.8) is 0 Å². The van der Waals surface area contributed by atoms with Crippen molar-refractivity contribution >= 4 is 5.97 Å². The third-order valence-corrected chi connectivity index (χ3v) is 2.61. The molecule has 0 saturated heterocycles. The molecule has 0 saturated carbocycles. The van der Waals surface area contributed by atoms with Gasteiger partial charge >= 0.3 is 5.97 Å². The van der Waals surface area contributed by atoms with Gasteiger partial charge in [-0.05, 0) is 6.92 Å². The largest absolute Gasteiger partial charge is 0.479 e. The van der Waals surface area contributed by atoms with E-state index in [0.717, 1.165) is 7.11 Å². The third-order valence-electron chi connectivity index (χ3n) is 2.61. The highest BCUT2D eigenvalue weighted by Gasteiger charge is 2.40. The van der Waals surface area contributed by atoms with E-state index in [4.69, 9.17) is 15.3 Å². The summed E-state index contributed by atoms with van der Waals surface area (Å²) in [5, 5.41) is 34.7. The Bertz CT molecular complexity index is 301. The van der Waals surface area contributed by atoms with Crippen molar-refractivity contribution in [1.82, 2.24) is 0 Å². The van der Waals surface area contributed by atoms with Crippen LogP contribution in [0.5, 0.6) is 0 Å². The topological polar surface area (TPSA) is 126 Å². The number of hydrogen-bond donors (Lipinski definition) is 4. The van der Waals surface area contributed by atoms with Crippen LogP contribution in [0.4, 0.5) is 8.78 Å². The van der Waals surface area contributed by atoms with Gasteiger partial charge in [0, 0.05) is 27.2 Å². The molecule has 0 spiro atoms. The Balaban J connectivity index is 0. The summed E-state index contributed by atoms with van der Waals surface area (Å²) in [7, 11) is 2.31. The molecule has 0 fully saturated rings. The van der Waals surface area contributed by atoms with Crippen molar-refractivity contribution in [1.29, 1.82) is 0 Å². The molecular weight excluding hydrogens is 310 g/mol. The average Bonchev–Trinajstić information content (AvgIpc) is 2.52. The van der Waals surface area contributed by atoms with Crippen molar-refractivity contribution in [3.05, 3.63) is 0 Å². The number of carboxylic acids is 1. The van der Waals surface area contributed by atoms with Crippen LogP contribution in [-0.4, -0.2) is 77.9 Å². The highest BCUT2D eigenvalue weighted by Crippen LogP contribution is 2.22. The fourth-order valence-electron chi connectivity index (χ4n) is 1.17. The van der Waals surface area contributed by atoms with E-state index in [1.165, 1.54) is 14.0 Å². The van der Waals surface area contributed by atoms with E-state index in [1.807, 2.05) is 0 Å². The fourth-order valence-corrected chi connectivity index (χ4v) is 1.17. The first-order chi connectivity index (χ1) is 10.1. The van der Waals surface area contributed by atoms with Crippen LogP contribution in [0, 0.1) is 0 Å². The van der Waals surface area contributed by atoms with Gasteiger partial charge in [-0.25, -0.2) is 13.6 Å². The maximum atomic E-state index is 13.1. The number of aliphatic carboxylic acids is 1. The fraction of sp³-hybridized carbons (Fsp3) is 0.917. The molecule has 22 heavy (non-hydrogen) atoms. The second-order valence-corrected chi connectivity index (χ2v) is 4.02. The first kappa shape index (κ1) is 23.4. The van der Waals surface area contributed by atoms with Crippen LogP contribution in [0.25, 0.3) is 0 Å². The number of hydrogen-bond acceptors (Lipinski definition) is 7. The van der Waals surface area contributed by atoms with Crippen LogP contribution in [0.2, 0.25) is 0 Å². The second-order valence-electron chi connectivity index (χ2n) is 4.02. The molecule has 0 radical (unpaired) electrons. The van der Waals surface area contributed by atoms with Gasteiger partial charge in [0.05, 0.1) is 0 Å². The van der Waals surface area contributed by atoms with Crippen molar-refractivity contribution in [2.75, 3.05) is 20.8 Å². The number of alkyl halides is 2. The van der Waals surface area contributed by atoms with Gasteiger partial charge in [-0.3, -0.25) is 0 Å². The van der Waals surface area contributed by atoms with Crippen LogP contribution < -0.4 is 0 Å². The molecule has 0 heterocycles. The lowest BCUT2D eigenvalue weighted by Gasteiger charge is -2.30. The number of halogens is 2. The number of carboxylic acid groups (broad SMARTS) is 1. The SMILES string of the molecule is CCC(O)(OC)C(F)C(O)OC.CCOC(O)C(F)C(=O)O. The summed E-state index contributed by atoms with van der Waals surface area (Å²) in [5.41, 5.74) is 0. The summed E-state index contributed by atoms with van der Waals surface area (Å²) in [5.74, 6) is -3.70. The highest BCUT2D eigenvalue weighted by atomic mass is 19.1. The van der Waals surface area contributed by atoms with E-state index in [0.29, 0.717) is 0 Å². The zero-order chi connectivity index (χ0) is 17.9. The predicted molar refractivity (Wildman–Crippen MR) is 70.3 cm³/mol.